The fraction of sp³-hybridized carbons (Fsp3) is 0.571. The van der Waals surface area contributed by atoms with Crippen LogP contribution >= 0.6 is 15.9 Å². The molecule has 2 aromatic rings. The number of aromatic nitrogens is 3. The normalized spacial score (nSPS) is 20.2. The van der Waals surface area contributed by atoms with Crippen LogP contribution in [0.4, 0.5) is 5.82 Å². The van der Waals surface area contributed by atoms with Crippen LogP contribution in [-0.2, 0) is 7.05 Å². The highest BCUT2D eigenvalue weighted by atomic mass is 79.9. The van der Waals surface area contributed by atoms with Crippen molar-refractivity contribution < 1.29 is 0 Å². The van der Waals surface area contributed by atoms with Crippen molar-refractivity contribution in [1.82, 2.24) is 14.5 Å². The first kappa shape index (κ1) is 12.9. The molecule has 1 atom stereocenters. The highest BCUT2D eigenvalue weighted by Crippen LogP contribution is 2.34. The van der Waals surface area contributed by atoms with E-state index in [1.807, 2.05) is 14.0 Å². The molecule has 0 N–H and O–H groups in total. The van der Waals surface area contributed by atoms with Crippen molar-refractivity contribution >= 4 is 32.8 Å². The molecule has 3 heterocycles. The van der Waals surface area contributed by atoms with E-state index >= 15 is 0 Å². The van der Waals surface area contributed by atoms with Crippen LogP contribution in [0.5, 0.6) is 0 Å². The number of aryl methyl sites for hydroxylation is 2. The maximum Gasteiger partial charge on any atom is 0.146 e. The molecular weight excluding hydrogens is 304 g/mol. The number of hydrogen-bond donors (Lipinski definition) is 0. The van der Waals surface area contributed by atoms with Crippen LogP contribution in [-0.4, -0.2) is 27.1 Å². The Morgan fingerprint density at radius 3 is 2.84 bits per heavy atom. The number of hydrogen-bond acceptors (Lipinski definition) is 3. The molecule has 0 bridgehead atoms. The van der Waals surface area contributed by atoms with Crippen molar-refractivity contribution in [2.75, 3.05) is 11.4 Å². The minimum absolute atomic E-state index is 0.554. The van der Waals surface area contributed by atoms with Gasteiger partial charge in [0.2, 0.25) is 0 Å². The van der Waals surface area contributed by atoms with Gasteiger partial charge in [-0.05, 0) is 49.0 Å². The lowest BCUT2D eigenvalue weighted by molar-refractivity contribution is 0.482. The van der Waals surface area contributed by atoms with E-state index in [4.69, 9.17) is 4.98 Å². The molecule has 0 aromatic carbocycles. The average Bonchev–Trinajstić information content (AvgIpc) is 2.65. The fourth-order valence-corrected chi connectivity index (χ4v) is 3.59. The summed E-state index contributed by atoms with van der Waals surface area (Å²) in [5.74, 6) is 1.93. The molecule has 1 saturated heterocycles. The maximum atomic E-state index is 4.72. The Hall–Kier alpha value is -1.10. The second-order valence-corrected chi connectivity index (χ2v) is 6.27. The van der Waals surface area contributed by atoms with Gasteiger partial charge in [0.15, 0.2) is 0 Å². The third kappa shape index (κ3) is 2.14. The molecule has 4 nitrogen and oxygen atoms in total. The highest BCUT2D eigenvalue weighted by Gasteiger charge is 2.24. The lowest BCUT2D eigenvalue weighted by Crippen LogP contribution is -2.38. The Morgan fingerprint density at radius 1 is 1.32 bits per heavy atom. The van der Waals surface area contributed by atoms with Gasteiger partial charge in [-0.1, -0.05) is 0 Å². The van der Waals surface area contributed by atoms with Gasteiger partial charge in [-0.2, -0.15) is 0 Å². The Labute approximate surface area is 122 Å². The molecule has 3 rings (SSSR count). The quantitative estimate of drug-likeness (QED) is 0.806. The summed E-state index contributed by atoms with van der Waals surface area (Å²) in [6.07, 6.45) is 5.88. The molecule has 1 fully saturated rings. The van der Waals surface area contributed by atoms with Gasteiger partial charge in [-0.15, -0.1) is 0 Å². The molecule has 0 amide bonds. The third-order valence-corrected chi connectivity index (χ3v) is 4.54. The Balaban J connectivity index is 2.21. The first-order valence-electron chi connectivity index (χ1n) is 6.83. The van der Waals surface area contributed by atoms with Crippen LogP contribution in [0.2, 0.25) is 0 Å². The molecule has 1 aliphatic heterocycles. The Morgan fingerprint density at radius 2 is 2.11 bits per heavy atom. The summed E-state index contributed by atoms with van der Waals surface area (Å²) in [5.41, 5.74) is 1.01. The number of rotatable bonds is 1. The zero-order valence-corrected chi connectivity index (χ0v) is 13.2. The zero-order valence-electron chi connectivity index (χ0n) is 11.6. The average molecular weight is 323 g/mol. The molecule has 102 valence electrons. The van der Waals surface area contributed by atoms with Gasteiger partial charge in [0, 0.05) is 30.3 Å². The summed E-state index contributed by atoms with van der Waals surface area (Å²) >= 11 is 3.65. The van der Waals surface area contributed by atoms with E-state index in [0.29, 0.717) is 6.04 Å². The summed E-state index contributed by atoms with van der Waals surface area (Å²) in [6, 6.07) is 0.554. The zero-order chi connectivity index (χ0) is 13.6. The molecular formula is C14H19BrN4. The van der Waals surface area contributed by atoms with Crippen molar-refractivity contribution in [3.8, 4) is 0 Å². The number of piperidine rings is 1. The monoisotopic (exact) mass is 322 g/mol. The SMILES string of the molecule is Cc1nc(N2CCCCC2C)c2c(Br)cn(C)c2n1. The number of halogens is 1. The Bertz CT molecular complexity index is 619. The molecule has 19 heavy (non-hydrogen) atoms. The van der Waals surface area contributed by atoms with Gasteiger partial charge in [-0.25, -0.2) is 9.97 Å². The predicted octanol–water partition coefficient (Wildman–Crippen LogP) is 3.42. The predicted molar refractivity (Wildman–Crippen MR) is 81.6 cm³/mol. The standard InChI is InChI=1S/C14H19BrN4/c1-9-6-4-5-7-19(9)14-12-11(15)8-18(3)13(12)16-10(2)17-14/h8-9H,4-7H2,1-3H3. The van der Waals surface area contributed by atoms with Gasteiger partial charge in [-0.3, -0.25) is 0 Å². The largest absolute Gasteiger partial charge is 0.353 e. The van der Waals surface area contributed by atoms with Crippen LogP contribution in [0.25, 0.3) is 11.0 Å². The van der Waals surface area contributed by atoms with Crippen molar-refractivity contribution in [2.45, 2.75) is 39.2 Å². The lowest BCUT2D eigenvalue weighted by Gasteiger charge is -2.34. The van der Waals surface area contributed by atoms with Crippen LogP contribution < -0.4 is 4.90 Å². The molecule has 2 aromatic heterocycles. The third-order valence-electron chi connectivity index (χ3n) is 3.94. The van der Waals surface area contributed by atoms with Gasteiger partial charge < -0.3 is 9.47 Å². The van der Waals surface area contributed by atoms with E-state index in [1.165, 1.54) is 19.3 Å². The first-order chi connectivity index (χ1) is 9.08. The topological polar surface area (TPSA) is 34.0 Å². The Kier molecular flexibility index (Phi) is 3.25. The van der Waals surface area contributed by atoms with E-state index in [0.717, 1.165) is 33.7 Å². The first-order valence-corrected chi connectivity index (χ1v) is 7.63. The van der Waals surface area contributed by atoms with E-state index in [-0.39, 0.29) is 0 Å². The fourth-order valence-electron chi connectivity index (χ4n) is 2.93. The van der Waals surface area contributed by atoms with Crippen LogP contribution in [0.1, 0.15) is 32.0 Å². The van der Waals surface area contributed by atoms with Gasteiger partial charge >= 0.3 is 0 Å². The molecule has 1 unspecified atom stereocenters. The molecule has 0 radical (unpaired) electrons. The van der Waals surface area contributed by atoms with Crippen LogP contribution in [0.15, 0.2) is 10.7 Å². The number of fused-ring (bicyclic) bond motifs is 1. The van der Waals surface area contributed by atoms with Crippen LogP contribution in [0, 0.1) is 6.92 Å². The second-order valence-electron chi connectivity index (χ2n) is 5.42. The molecule has 1 aliphatic rings. The second kappa shape index (κ2) is 4.78. The van der Waals surface area contributed by atoms with E-state index < -0.39 is 0 Å². The summed E-state index contributed by atoms with van der Waals surface area (Å²) < 4.78 is 3.14. The van der Waals surface area contributed by atoms with Crippen molar-refractivity contribution in [3.63, 3.8) is 0 Å². The van der Waals surface area contributed by atoms with Crippen LogP contribution in [0.3, 0.4) is 0 Å². The van der Waals surface area contributed by atoms with Gasteiger partial charge in [0.1, 0.15) is 17.3 Å². The maximum absolute atomic E-state index is 4.72. The molecule has 0 aliphatic carbocycles. The number of anilines is 1. The van der Waals surface area contributed by atoms with E-state index in [1.54, 1.807) is 0 Å². The van der Waals surface area contributed by atoms with Gasteiger partial charge in [0.05, 0.1) is 5.39 Å². The summed E-state index contributed by atoms with van der Waals surface area (Å²) in [5, 5.41) is 1.14. The lowest BCUT2D eigenvalue weighted by atomic mass is 10.0. The number of nitrogens with zero attached hydrogens (tertiary/aromatic N) is 4. The van der Waals surface area contributed by atoms with Crippen molar-refractivity contribution in [2.24, 2.45) is 7.05 Å². The van der Waals surface area contributed by atoms with Crippen molar-refractivity contribution in [1.29, 1.82) is 0 Å². The van der Waals surface area contributed by atoms with E-state index in [9.17, 15) is 0 Å². The molecule has 5 heteroatoms. The summed E-state index contributed by atoms with van der Waals surface area (Å²) in [6.45, 7) is 5.35. The van der Waals surface area contributed by atoms with Crippen molar-refractivity contribution in [3.05, 3.63) is 16.5 Å². The summed E-state index contributed by atoms with van der Waals surface area (Å²) in [7, 11) is 2.03. The minimum Gasteiger partial charge on any atom is -0.353 e. The summed E-state index contributed by atoms with van der Waals surface area (Å²) in [4.78, 5) is 11.7. The van der Waals surface area contributed by atoms with E-state index in [2.05, 4.69) is 43.5 Å². The highest BCUT2D eigenvalue weighted by molar-refractivity contribution is 9.10. The van der Waals surface area contributed by atoms with Gasteiger partial charge in [0.25, 0.3) is 0 Å². The molecule has 0 spiro atoms. The minimum atomic E-state index is 0.554. The smallest absolute Gasteiger partial charge is 0.146 e. The molecule has 0 saturated carbocycles.